The average Bonchev–Trinajstić information content (AvgIpc) is 3.20. The normalized spacial score (nSPS) is 21.7. The fourth-order valence-corrected chi connectivity index (χ4v) is 5.94. The van der Waals surface area contributed by atoms with E-state index < -0.39 is 11.6 Å². The Balaban J connectivity index is 0.000000350. The van der Waals surface area contributed by atoms with Gasteiger partial charge in [0.2, 0.25) is 0 Å². The lowest BCUT2D eigenvalue weighted by Crippen LogP contribution is -2.27. The van der Waals surface area contributed by atoms with Crippen molar-refractivity contribution in [3.63, 3.8) is 0 Å². The van der Waals surface area contributed by atoms with Gasteiger partial charge in [-0.2, -0.15) is 0 Å². The van der Waals surface area contributed by atoms with Crippen molar-refractivity contribution in [1.29, 1.82) is 0 Å². The Bertz CT molecular complexity index is 1560. The molecule has 336 valence electrons. The molecule has 4 aromatic rings. The first-order valence-corrected chi connectivity index (χ1v) is 21.9. The summed E-state index contributed by atoms with van der Waals surface area (Å²) in [5.74, 6) is 2.23. The Morgan fingerprint density at radius 2 is 0.700 bits per heavy atom. The van der Waals surface area contributed by atoms with Crippen LogP contribution in [0.4, 0.5) is 17.6 Å². The third-order valence-electron chi connectivity index (χ3n) is 10.6. The molecule has 2 aliphatic heterocycles. The molecule has 3 fully saturated rings. The maximum absolute atomic E-state index is 12.6. The number of benzene rings is 4. The fraction of sp³-hybridized carbons (Fsp3) is 0.547. The first-order chi connectivity index (χ1) is 28.2. The maximum atomic E-state index is 12.6. The molecule has 4 aromatic carbocycles. The fourth-order valence-electron chi connectivity index (χ4n) is 5.94. The largest absolute Gasteiger partial charge is 0.378 e. The Morgan fingerprint density at radius 3 is 1.00 bits per heavy atom. The van der Waals surface area contributed by atoms with Crippen LogP contribution < -0.4 is 0 Å². The molecule has 2 heterocycles. The first-order valence-electron chi connectivity index (χ1n) is 21.9. The van der Waals surface area contributed by atoms with Crippen LogP contribution in [0.25, 0.3) is 0 Å². The lowest BCUT2D eigenvalue weighted by molar-refractivity contribution is -0.187. The van der Waals surface area contributed by atoms with Crippen molar-refractivity contribution in [2.45, 2.75) is 148 Å². The number of ether oxygens (including phenoxy) is 3. The number of halogens is 4. The molecular formula is C53H78F4O3. The number of hydrogen-bond donors (Lipinski definition) is 0. The highest BCUT2D eigenvalue weighted by atomic mass is 19.1. The highest BCUT2D eigenvalue weighted by Crippen LogP contribution is 2.27. The van der Waals surface area contributed by atoms with E-state index in [1.54, 1.807) is 32.9 Å². The molecule has 0 N–H and O–H groups in total. The highest BCUT2D eigenvalue weighted by molar-refractivity contribution is 5.24. The summed E-state index contributed by atoms with van der Waals surface area (Å²) in [6, 6.07) is 21.6. The minimum Gasteiger partial charge on any atom is -0.378 e. The summed E-state index contributed by atoms with van der Waals surface area (Å²) in [7, 11) is 0. The van der Waals surface area contributed by atoms with Gasteiger partial charge in [0.1, 0.15) is 23.3 Å². The van der Waals surface area contributed by atoms with E-state index in [0.29, 0.717) is 28.7 Å². The van der Waals surface area contributed by atoms with E-state index in [2.05, 4.69) is 72.7 Å². The van der Waals surface area contributed by atoms with E-state index >= 15 is 0 Å². The molecular weight excluding hydrogens is 761 g/mol. The molecule has 1 aliphatic carbocycles. The smallest absolute Gasteiger partial charge is 0.154 e. The topological polar surface area (TPSA) is 27.7 Å². The molecule has 2 saturated heterocycles. The molecule has 60 heavy (non-hydrogen) atoms. The minimum atomic E-state index is -0.475. The van der Waals surface area contributed by atoms with Gasteiger partial charge in [-0.05, 0) is 152 Å². The van der Waals surface area contributed by atoms with E-state index in [-0.39, 0.29) is 23.5 Å². The van der Waals surface area contributed by atoms with Crippen LogP contribution in [0.5, 0.6) is 0 Å². The molecule has 7 heteroatoms. The summed E-state index contributed by atoms with van der Waals surface area (Å²) in [5.41, 5.74) is 6.72. The van der Waals surface area contributed by atoms with Gasteiger partial charge in [-0.3, -0.25) is 0 Å². The molecule has 0 spiro atoms. The predicted octanol–water partition coefficient (Wildman–Crippen LogP) is 15.4. The van der Waals surface area contributed by atoms with Crippen LogP contribution >= 0.6 is 0 Å². The standard InChI is InChI=1S/C8H8F2.2C8H9F.C8H16.C8H10.C7H14O.C6H12O2/c1-5-3-7(9)6(2)8(10)4-5;2*1-6-3-4-7(2)8(9)5-6;2*1-7-3-5-8(2)6-4-7;1-6-3-4-7(2)8-5-6;1-5-3-7-6(2)8-4-5/h3-4H,1-2H3;2*3-5H,1-2H3;7-8H,3-6H2,1-2H3;3-6H,1-2H3;6-7H,3-5H2,1-2H3;5-6H,3-4H2,1-2H3. The van der Waals surface area contributed by atoms with Crippen LogP contribution in [0.3, 0.4) is 0 Å². The SMILES string of the molecule is CC1CCC(C)CC1.CC1CCC(C)OC1.CC1COC(C)OC1.Cc1cc(F)c(C)c(F)c1.Cc1ccc(C)c(F)c1.Cc1ccc(C)c(F)c1.Cc1ccc(C)cc1. The van der Waals surface area contributed by atoms with E-state index in [4.69, 9.17) is 14.2 Å². The summed E-state index contributed by atoms with van der Waals surface area (Å²) >= 11 is 0. The lowest BCUT2D eigenvalue weighted by atomic mass is 9.84. The van der Waals surface area contributed by atoms with Crippen molar-refractivity contribution in [2.24, 2.45) is 23.7 Å². The van der Waals surface area contributed by atoms with Gasteiger partial charge in [-0.1, -0.05) is 113 Å². The van der Waals surface area contributed by atoms with Gasteiger partial charge in [0.15, 0.2) is 6.29 Å². The van der Waals surface area contributed by atoms with Gasteiger partial charge in [-0.15, -0.1) is 0 Å². The molecule has 3 nitrogen and oxygen atoms in total. The van der Waals surface area contributed by atoms with Crippen molar-refractivity contribution in [3.8, 4) is 0 Å². The summed E-state index contributed by atoms with van der Waals surface area (Å²) < 4.78 is 66.1. The maximum Gasteiger partial charge on any atom is 0.154 e. The van der Waals surface area contributed by atoms with Gasteiger partial charge in [0.05, 0.1) is 19.3 Å². The third kappa shape index (κ3) is 25.3. The van der Waals surface area contributed by atoms with Gasteiger partial charge in [-0.25, -0.2) is 17.6 Å². The van der Waals surface area contributed by atoms with Crippen molar-refractivity contribution in [3.05, 3.63) is 141 Å². The monoisotopic (exact) mass is 839 g/mol. The molecule has 0 radical (unpaired) electrons. The zero-order valence-electron chi connectivity index (χ0n) is 39.5. The number of hydrogen-bond acceptors (Lipinski definition) is 3. The van der Waals surface area contributed by atoms with Crippen LogP contribution in [-0.4, -0.2) is 32.2 Å². The first kappa shape index (κ1) is 54.5. The summed E-state index contributed by atoms with van der Waals surface area (Å²) in [4.78, 5) is 0. The number of rotatable bonds is 0. The van der Waals surface area contributed by atoms with Crippen LogP contribution in [-0.2, 0) is 14.2 Å². The lowest BCUT2D eigenvalue weighted by Gasteiger charge is -2.24. The van der Waals surface area contributed by atoms with Gasteiger partial charge in [0, 0.05) is 18.1 Å². The van der Waals surface area contributed by atoms with E-state index in [9.17, 15) is 17.6 Å². The van der Waals surface area contributed by atoms with Crippen LogP contribution in [0, 0.1) is 102 Å². The van der Waals surface area contributed by atoms with E-state index in [1.807, 2.05) is 32.9 Å². The molecule has 3 aliphatic rings. The molecule has 2 atom stereocenters. The summed E-state index contributed by atoms with van der Waals surface area (Å²) in [5, 5.41) is 0. The molecule has 1 saturated carbocycles. The Labute approximate surface area is 362 Å². The summed E-state index contributed by atoms with van der Waals surface area (Å²) in [6.07, 6.45) is 9.03. The second kappa shape index (κ2) is 29.7. The molecule has 0 amide bonds. The van der Waals surface area contributed by atoms with E-state index in [0.717, 1.165) is 48.7 Å². The zero-order chi connectivity index (χ0) is 45.4. The third-order valence-corrected chi connectivity index (χ3v) is 10.6. The van der Waals surface area contributed by atoms with Gasteiger partial charge >= 0.3 is 0 Å². The molecule has 0 bridgehead atoms. The van der Waals surface area contributed by atoms with Crippen molar-refractivity contribution >= 4 is 0 Å². The second-order valence-electron chi connectivity index (χ2n) is 17.5. The Hall–Kier alpha value is -3.52. The van der Waals surface area contributed by atoms with Crippen molar-refractivity contribution in [2.75, 3.05) is 19.8 Å². The highest BCUT2D eigenvalue weighted by Gasteiger charge is 2.15. The minimum absolute atomic E-state index is 0.0196. The average molecular weight is 839 g/mol. The quantitative estimate of drug-likeness (QED) is 0.165. The molecule has 2 unspecified atom stereocenters. The second-order valence-corrected chi connectivity index (χ2v) is 17.5. The van der Waals surface area contributed by atoms with Crippen molar-refractivity contribution in [1.82, 2.24) is 0 Å². The Morgan fingerprint density at radius 1 is 0.367 bits per heavy atom. The van der Waals surface area contributed by atoms with Crippen LogP contribution in [0.2, 0.25) is 0 Å². The number of aryl methyl sites for hydroxylation is 7. The Kier molecular flexibility index (Phi) is 27.0. The van der Waals surface area contributed by atoms with E-state index in [1.165, 1.54) is 80.8 Å². The van der Waals surface area contributed by atoms with Gasteiger partial charge < -0.3 is 14.2 Å². The zero-order valence-corrected chi connectivity index (χ0v) is 39.5. The van der Waals surface area contributed by atoms with Crippen molar-refractivity contribution < 1.29 is 31.8 Å². The van der Waals surface area contributed by atoms with Gasteiger partial charge in [0.25, 0.3) is 0 Å². The molecule has 7 rings (SSSR count). The molecule has 0 aromatic heterocycles. The summed E-state index contributed by atoms with van der Waals surface area (Å²) in [6.45, 7) is 30.4. The van der Waals surface area contributed by atoms with Crippen LogP contribution in [0.15, 0.2) is 72.8 Å². The predicted molar refractivity (Wildman–Crippen MR) is 245 cm³/mol. The van der Waals surface area contributed by atoms with Crippen LogP contribution in [0.1, 0.15) is 125 Å².